The number of hydrogen-bond acceptors (Lipinski definition) is 3. The molecule has 1 aromatic rings. The first kappa shape index (κ1) is 9.46. The molecule has 1 heterocycles. The fraction of sp³-hybridized carbons (Fsp3) is 0.200. The number of rotatable bonds is 1. The summed E-state index contributed by atoms with van der Waals surface area (Å²) in [6.45, 7) is 0.713. The highest BCUT2D eigenvalue weighted by atomic mass is 19.1. The van der Waals surface area contributed by atoms with Crippen molar-refractivity contribution in [1.29, 1.82) is 5.26 Å². The van der Waals surface area contributed by atoms with Crippen LogP contribution in [0.1, 0.15) is 5.56 Å². The number of cyclic esters (lactones) is 1. The predicted molar refractivity (Wildman–Crippen MR) is 49.8 cm³/mol. The number of nitriles is 1. The Morgan fingerprint density at radius 2 is 2.33 bits per heavy atom. The Bertz CT molecular complexity index is 453. The first-order valence-corrected chi connectivity index (χ1v) is 4.36. The van der Waals surface area contributed by atoms with Crippen molar-refractivity contribution >= 4 is 11.8 Å². The summed E-state index contributed by atoms with van der Waals surface area (Å²) in [5.41, 5.74) is 0.375. The Kier molecular flexibility index (Phi) is 2.26. The number of anilines is 1. The lowest BCUT2D eigenvalue weighted by Crippen LogP contribution is -2.23. The SMILES string of the molecule is N#Cc1ccc(N2CCOC2=O)cc1F. The van der Waals surface area contributed by atoms with Gasteiger partial charge in [-0.2, -0.15) is 5.26 Å². The van der Waals surface area contributed by atoms with Gasteiger partial charge in [0.15, 0.2) is 0 Å². The van der Waals surface area contributed by atoms with E-state index in [1.807, 2.05) is 0 Å². The third-order valence-electron chi connectivity index (χ3n) is 2.15. The smallest absolute Gasteiger partial charge is 0.414 e. The van der Waals surface area contributed by atoms with Crippen molar-refractivity contribution in [2.45, 2.75) is 0 Å². The van der Waals surface area contributed by atoms with Gasteiger partial charge in [-0.1, -0.05) is 0 Å². The van der Waals surface area contributed by atoms with Crippen LogP contribution >= 0.6 is 0 Å². The molecule has 76 valence electrons. The second-order valence-electron chi connectivity index (χ2n) is 3.04. The molecule has 0 spiro atoms. The zero-order valence-electron chi connectivity index (χ0n) is 7.74. The number of halogens is 1. The lowest BCUT2D eigenvalue weighted by Gasteiger charge is -2.12. The Morgan fingerprint density at radius 3 is 2.87 bits per heavy atom. The minimum Gasteiger partial charge on any atom is -0.447 e. The molecule has 0 atom stereocenters. The standard InChI is InChI=1S/C10H7FN2O2/c11-9-5-8(2-1-7(9)6-12)13-3-4-15-10(13)14/h1-2,5H,3-4H2. The molecule has 4 nitrogen and oxygen atoms in total. The number of benzene rings is 1. The second-order valence-corrected chi connectivity index (χ2v) is 3.04. The summed E-state index contributed by atoms with van der Waals surface area (Å²) in [6, 6.07) is 5.74. The molecule has 0 N–H and O–H groups in total. The summed E-state index contributed by atoms with van der Waals surface area (Å²) >= 11 is 0. The third kappa shape index (κ3) is 1.62. The van der Waals surface area contributed by atoms with Gasteiger partial charge >= 0.3 is 6.09 Å². The third-order valence-corrected chi connectivity index (χ3v) is 2.15. The number of carbonyl (C=O) groups excluding carboxylic acids is 1. The predicted octanol–water partition coefficient (Wildman–Crippen LogP) is 1.65. The summed E-state index contributed by atoms with van der Waals surface area (Å²) in [6.07, 6.45) is -0.487. The average Bonchev–Trinajstić information content (AvgIpc) is 2.64. The van der Waals surface area contributed by atoms with Crippen LogP contribution in [0.4, 0.5) is 14.9 Å². The van der Waals surface area contributed by atoms with Crippen molar-refractivity contribution in [3.8, 4) is 6.07 Å². The highest BCUT2D eigenvalue weighted by Gasteiger charge is 2.24. The first-order chi connectivity index (χ1) is 7.22. The maximum absolute atomic E-state index is 13.2. The molecule has 1 amide bonds. The van der Waals surface area contributed by atoms with Crippen LogP contribution in [0, 0.1) is 17.1 Å². The minimum atomic E-state index is -0.630. The van der Waals surface area contributed by atoms with Gasteiger partial charge in [-0.25, -0.2) is 9.18 Å². The number of nitrogens with zero attached hydrogens (tertiary/aromatic N) is 2. The lowest BCUT2D eigenvalue weighted by molar-refractivity contribution is 0.181. The van der Waals surface area contributed by atoms with E-state index >= 15 is 0 Å². The molecule has 0 radical (unpaired) electrons. The highest BCUT2D eigenvalue weighted by molar-refractivity contribution is 5.89. The van der Waals surface area contributed by atoms with Crippen LogP contribution in [-0.4, -0.2) is 19.2 Å². The van der Waals surface area contributed by atoms with Gasteiger partial charge in [0.05, 0.1) is 17.8 Å². The van der Waals surface area contributed by atoms with Crippen molar-refractivity contribution in [3.63, 3.8) is 0 Å². The van der Waals surface area contributed by atoms with Crippen molar-refractivity contribution < 1.29 is 13.9 Å². The molecule has 2 rings (SSSR count). The van der Waals surface area contributed by atoms with E-state index in [4.69, 9.17) is 10.00 Å². The number of carbonyl (C=O) groups is 1. The number of amides is 1. The summed E-state index contributed by atoms with van der Waals surface area (Å²) in [5, 5.41) is 8.53. The average molecular weight is 206 g/mol. The molecule has 15 heavy (non-hydrogen) atoms. The fourth-order valence-corrected chi connectivity index (χ4v) is 1.39. The molecular formula is C10H7FN2O2. The summed E-state index contributed by atoms with van der Waals surface area (Å²) in [4.78, 5) is 12.5. The summed E-state index contributed by atoms with van der Waals surface area (Å²) < 4.78 is 17.9. The van der Waals surface area contributed by atoms with E-state index in [-0.39, 0.29) is 5.56 Å². The van der Waals surface area contributed by atoms with Crippen molar-refractivity contribution in [3.05, 3.63) is 29.6 Å². The molecule has 0 saturated carbocycles. The van der Waals surface area contributed by atoms with E-state index in [9.17, 15) is 9.18 Å². The molecule has 1 fully saturated rings. The zero-order chi connectivity index (χ0) is 10.8. The van der Waals surface area contributed by atoms with Crippen LogP contribution in [0.25, 0.3) is 0 Å². The van der Waals surface area contributed by atoms with E-state index in [1.165, 1.54) is 17.0 Å². The molecule has 5 heteroatoms. The maximum atomic E-state index is 13.2. The summed E-state index contributed by atoms with van der Waals surface area (Å²) in [5.74, 6) is -0.630. The number of hydrogen-bond donors (Lipinski definition) is 0. The van der Waals surface area contributed by atoms with Gasteiger partial charge in [-0.05, 0) is 18.2 Å². The van der Waals surface area contributed by atoms with Crippen molar-refractivity contribution in [1.82, 2.24) is 0 Å². The van der Waals surface area contributed by atoms with Gasteiger partial charge in [0.2, 0.25) is 0 Å². The molecular weight excluding hydrogens is 199 g/mol. The Labute approximate surface area is 85.5 Å². The monoisotopic (exact) mass is 206 g/mol. The minimum absolute atomic E-state index is 0.0358. The van der Waals surface area contributed by atoms with Gasteiger partial charge in [0.1, 0.15) is 18.5 Å². The Hall–Kier alpha value is -2.09. The Balaban J connectivity index is 2.34. The molecule has 0 bridgehead atoms. The Morgan fingerprint density at radius 1 is 1.53 bits per heavy atom. The normalized spacial score (nSPS) is 14.9. The molecule has 0 unspecified atom stereocenters. The topological polar surface area (TPSA) is 53.3 Å². The van der Waals surface area contributed by atoms with Gasteiger partial charge in [-0.3, -0.25) is 4.90 Å². The van der Waals surface area contributed by atoms with Crippen molar-refractivity contribution in [2.24, 2.45) is 0 Å². The van der Waals surface area contributed by atoms with Gasteiger partial charge in [0, 0.05) is 0 Å². The van der Waals surface area contributed by atoms with Gasteiger partial charge < -0.3 is 4.74 Å². The van der Waals surface area contributed by atoms with Crippen molar-refractivity contribution in [2.75, 3.05) is 18.1 Å². The highest BCUT2D eigenvalue weighted by Crippen LogP contribution is 2.21. The second kappa shape index (κ2) is 3.58. The van der Waals surface area contributed by atoms with E-state index in [2.05, 4.69) is 0 Å². The maximum Gasteiger partial charge on any atom is 0.414 e. The van der Waals surface area contributed by atoms with E-state index in [1.54, 1.807) is 6.07 Å². The first-order valence-electron chi connectivity index (χ1n) is 4.36. The molecule has 1 aromatic carbocycles. The van der Waals surface area contributed by atoms with Crippen LogP contribution in [0.5, 0.6) is 0 Å². The quantitative estimate of drug-likeness (QED) is 0.702. The van der Waals surface area contributed by atoms with Crippen LogP contribution in [0.15, 0.2) is 18.2 Å². The molecule has 1 aliphatic heterocycles. The van der Waals surface area contributed by atoms with Crippen LogP contribution in [0.3, 0.4) is 0 Å². The van der Waals surface area contributed by atoms with Gasteiger partial charge in [0.25, 0.3) is 0 Å². The summed E-state index contributed by atoms with van der Waals surface area (Å²) in [7, 11) is 0. The van der Waals surface area contributed by atoms with Crippen LogP contribution in [0.2, 0.25) is 0 Å². The lowest BCUT2D eigenvalue weighted by atomic mass is 10.2. The van der Waals surface area contributed by atoms with E-state index in [0.29, 0.717) is 18.8 Å². The largest absolute Gasteiger partial charge is 0.447 e. The van der Waals surface area contributed by atoms with Crippen LogP contribution in [-0.2, 0) is 4.74 Å². The van der Waals surface area contributed by atoms with Crippen LogP contribution < -0.4 is 4.90 Å². The molecule has 0 aliphatic carbocycles. The molecule has 1 aliphatic rings. The zero-order valence-corrected chi connectivity index (χ0v) is 7.74. The molecule has 1 saturated heterocycles. The van der Waals surface area contributed by atoms with E-state index in [0.717, 1.165) is 6.07 Å². The van der Waals surface area contributed by atoms with E-state index < -0.39 is 11.9 Å². The van der Waals surface area contributed by atoms with Gasteiger partial charge in [-0.15, -0.1) is 0 Å². The fourth-order valence-electron chi connectivity index (χ4n) is 1.39. The molecule has 0 aromatic heterocycles. The number of ether oxygens (including phenoxy) is 1.